The standard InChI is InChI=1S/C13H23N3O3/c1-8(2)14-13(18)16-6-9-5-10(11(7-16)19-9)12(17)15(3)4/h8-11H,5-7H2,1-4H3,(H,14,18)/t9-,10-,11-/m1/s1. The molecule has 0 saturated carbocycles. The lowest BCUT2D eigenvalue weighted by Gasteiger charge is -2.33. The maximum absolute atomic E-state index is 12.1. The fourth-order valence-corrected chi connectivity index (χ4v) is 2.75. The monoisotopic (exact) mass is 269 g/mol. The third-order valence-electron chi connectivity index (χ3n) is 3.61. The SMILES string of the molecule is CC(C)NC(=O)N1C[C@H]2C[C@@H](C(=O)N(C)C)[C@@H](C1)O2. The van der Waals surface area contributed by atoms with E-state index in [0.717, 1.165) is 0 Å². The lowest BCUT2D eigenvalue weighted by molar-refractivity contribution is -0.135. The molecule has 0 unspecified atom stereocenters. The Bertz CT molecular complexity index is 370. The van der Waals surface area contributed by atoms with E-state index < -0.39 is 0 Å². The highest BCUT2D eigenvalue weighted by molar-refractivity contribution is 5.80. The van der Waals surface area contributed by atoms with Crippen LogP contribution in [0.5, 0.6) is 0 Å². The zero-order valence-corrected chi connectivity index (χ0v) is 12.0. The molecule has 2 saturated heterocycles. The van der Waals surface area contributed by atoms with Crippen molar-refractivity contribution in [3.8, 4) is 0 Å². The van der Waals surface area contributed by atoms with Gasteiger partial charge in [0, 0.05) is 33.2 Å². The number of nitrogens with one attached hydrogen (secondary N) is 1. The fraction of sp³-hybridized carbons (Fsp3) is 0.846. The molecule has 2 bridgehead atoms. The van der Waals surface area contributed by atoms with Crippen molar-refractivity contribution in [2.45, 2.75) is 38.5 Å². The molecule has 3 amide bonds. The maximum atomic E-state index is 12.1. The van der Waals surface area contributed by atoms with Crippen LogP contribution < -0.4 is 5.32 Å². The molecule has 2 heterocycles. The van der Waals surface area contributed by atoms with Gasteiger partial charge in [0.2, 0.25) is 5.91 Å². The van der Waals surface area contributed by atoms with E-state index in [4.69, 9.17) is 4.74 Å². The first-order chi connectivity index (χ1) is 8.88. The summed E-state index contributed by atoms with van der Waals surface area (Å²) in [5, 5.41) is 2.88. The van der Waals surface area contributed by atoms with Crippen LogP contribution in [-0.4, -0.2) is 67.2 Å². The molecule has 6 heteroatoms. The third kappa shape index (κ3) is 3.00. The van der Waals surface area contributed by atoms with Crippen LogP contribution in [0.1, 0.15) is 20.3 Å². The van der Waals surface area contributed by atoms with Crippen molar-refractivity contribution >= 4 is 11.9 Å². The number of nitrogens with zero attached hydrogens (tertiary/aromatic N) is 2. The van der Waals surface area contributed by atoms with Gasteiger partial charge in [-0.1, -0.05) is 0 Å². The molecule has 0 radical (unpaired) electrons. The minimum atomic E-state index is -0.161. The Hall–Kier alpha value is -1.30. The van der Waals surface area contributed by atoms with Crippen molar-refractivity contribution in [3.63, 3.8) is 0 Å². The van der Waals surface area contributed by atoms with E-state index in [2.05, 4.69) is 5.32 Å². The molecule has 0 aliphatic carbocycles. The summed E-state index contributed by atoms with van der Waals surface area (Å²) >= 11 is 0. The molecule has 2 aliphatic rings. The van der Waals surface area contributed by atoms with Gasteiger partial charge >= 0.3 is 6.03 Å². The van der Waals surface area contributed by atoms with Gasteiger partial charge in [-0.25, -0.2) is 4.79 Å². The van der Waals surface area contributed by atoms with E-state index in [1.165, 1.54) is 0 Å². The summed E-state index contributed by atoms with van der Waals surface area (Å²) in [6, 6.07) is 0.0541. The van der Waals surface area contributed by atoms with Crippen LogP contribution in [0.25, 0.3) is 0 Å². The van der Waals surface area contributed by atoms with E-state index in [-0.39, 0.29) is 36.1 Å². The van der Waals surface area contributed by atoms with Gasteiger partial charge in [-0.2, -0.15) is 0 Å². The van der Waals surface area contributed by atoms with E-state index in [1.807, 2.05) is 13.8 Å². The molecule has 0 aromatic heterocycles. The molecule has 0 spiro atoms. The second-order valence-electron chi connectivity index (χ2n) is 5.88. The number of hydrogen-bond donors (Lipinski definition) is 1. The second kappa shape index (κ2) is 5.36. The van der Waals surface area contributed by atoms with Crippen molar-refractivity contribution in [3.05, 3.63) is 0 Å². The molecule has 6 nitrogen and oxygen atoms in total. The highest BCUT2D eigenvalue weighted by Gasteiger charge is 2.46. The van der Waals surface area contributed by atoms with Crippen LogP contribution in [0, 0.1) is 5.92 Å². The second-order valence-corrected chi connectivity index (χ2v) is 5.88. The number of amides is 3. The molecule has 3 atom stereocenters. The van der Waals surface area contributed by atoms with E-state index in [1.54, 1.807) is 23.9 Å². The summed E-state index contributed by atoms with van der Waals surface area (Å²) < 4.78 is 5.80. The van der Waals surface area contributed by atoms with E-state index >= 15 is 0 Å². The number of morpholine rings is 1. The van der Waals surface area contributed by atoms with Crippen molar-refractivity contribution in [2.24, 2.45) is 5.92 Å². The molecular formula is C13H23N3O3. The predicted molar refractivity (Wildman–Crippen MR) is 70.7 cm³/mol. The first-order valence-corrected chi connectivity index (χ1v) is 6.80. The van der Waals surface area contributed by atoms with Gasteiger partial charge in [0.15, 0.2) is 0 Å². The van der Waals surface area contributed by atoms with Crippen LogP contribution in [0.2, 0.25) is 0 Å². The van der Waals surface area contributed by atoms with Crippen molar-refractivity contribution in [2.75, 3.05) is 27.2 Å². The van der Waals surface area contributed by atoms with Crippen LogP contribution in [-0.2, 0) is 9.53 Å². The van der Waals surface area contributed by atoms with Gasteiger partial charge in [0.25, 0.3) is 0 Å². The molecule has 0 aromatic rings. The maximum Gasteiger partial charge on any atom is 0.317 e. The molecule has 1 N–H and O–H groups in total. The summed E-state index contributed by atoms with van der Waals surface area (Å²) in [7, 11) is 3.52. The molecule has 19 heavy (non-hydrogen) atoms. The summed E-state index contributed by atoms with van der Waals surface area (Å²) in [6.07, 6.45) is 0.546. The van der Waals surface area contributed by atoms with Crippen molar-refractivity contribution in [1.82, 2.24) is 15.1 Å². The third-order valence-corrected chi connectivity index (χ3v) is 3.61. The van der Waals surface area contributed by atoms with Crippen molar-refractivity contribution < 1.29 is 14.3 Å². The molecule has 2 rings (SSSR count). The molecule has 0 aromatic carbocycles. The topological polar surface area (TPSA) is 61.9 Å². The predicted octanol–water partition coefficient (Wildman–Crippen LogP) is 0.282. The Morgan fingerprint density at radius 1 is 1.32 bits per heavy atom. The number of ether oxygens (including phenoxy) is 1. The van der Waals surface area contributed by atoms with Gasteiger partial charge < -0.3 is 19.9 Å². The number of rotatable bonds is 2. The minimum absolute atomic E-state index is 0.00874. The van der Waals surface area contributed by atoms with Gasteiger partial charge in [0.05, 0.1) is 18.1 Å². The lowest BCUT2D eigenvalue weighted by atomic mass is 9.99. The largest absolute Gasteiger partial charge is 0.370 e. The number of likely N-dealkylation sites (tertiary alicyclic amines) is 1. The molecule has 2 aliphatic heterocycles. The average molecular weight is 269 g/mol. The van der Waals surface area contributed by atoms with Crippen LogP contribution >= 0.6 is 0 Å². The van der Waals surface area contributed by atoms with Gasteiger partial charge in [-0.15, -0.1) is 0 Å². The first-order valence-electron chi connectivity index (χ1n) is 6.80. The average Bonchev–Trinajstić information content (AvgIpc) is 2.62. The van der Waals surface area contributed by atoms with Gasteiger partial charge in [0.1, 0.15) is 0 Å². The number of fused-ring (bicyclic) bond motifs is 2. The Morgan fingerprint density at radius 3 is 2.58 bits per heavy atom. The minimum Gasteiger partial charge on any atom is -0.370 e. The molecule has 2 fully saturated rings. The number of hydrogen-bond acceptors (Lipinski definition) is 3. The van der Waals surface area contributed by atoms with Crippen molar-refractivity contribution in [1.29, 1.82) is 0 Å². The first kappa shape index (κ1) is 14.1. The van der Waals surface area contributed by atoms with Gasteiger partial charge in [-0.05, 0) is 20.3 Å². The molecular weight excluding hydrogens is 246 g/mol. The van der Waals surface area contributed by atoms with E-state index in [9.17, 15) is 9.59 Å². The fourth-order valence-electron chi connectivity index (χ4n) is 2.75. The van der Waals surface area contributed by atoms with Gasteiger partial charge in [-0.3, -0.25) is 4.79 Å². The Labute approximate surface area is 114 Å². The highest BCUT2D eigenvalue weighted by Crippen LogP contribution is 2.32. The zero-order chi connectivity index (χ0) is 14.2. The summed E-state index contributed by atoms with van der Waals surface area (Å²) in [4.78, 5) is 27.4. The summed E-state index contributed by atoms with van der Waals surface area (Å²) in [5.74, 6) is -0.0181. The van der Waals surface area contributed by atoms with E-state index in [0.29, 0.717) is 19.5 Å². The van der Waals surface area contributed by atoms with Crippen LogP contribution in [0.3, 0.4) is 0 Å². The molecule has 108 valence electrons. The highest BCUT2D eigenvalue weighted by atomic mass is 16.5. The Balaban J connectivity index is 1.99. The zero-order valence-electron chi connectivity index (χ0n) is 12.0. The number of urea groups is 1. The van der Waals surface area contributed by atoms with Crippen LogP contribution in [0.4, 0.5) is 4.79 Å². The lowest BCUT2D eigenvalue weighted by Crippen LogP contribution is -2.52. The Morgan fingerprint density at radius 2 is 2.00 bits per heavy atom. The number of carbonyl (C=O) groups excluding carboxylic acids is 2. The smallest absolute Gasteiger partial charge is 0.317 e. The summed E-state index contributed by atoms with van der Waals surface area (Å²) in [6.45, 7) is 4.95. The van der Waals surface area contributed by atoms with Crippen LogP contribution in [0.15, 0.2) is 0 Å². The Kier molecular flexibility index (Phi) is 3.99. The normalized spacial score (nSPS) is 29.5. The number of carbonyl (C=O) groups is 2. The quantitative estimate of drug-likeness (QED) is 0.783. The summed E-state index contributed by atoms with van der Waals surface area (Å²) in [5.41, 5.74) is 0.